The van der Waals surface area contributed by atoms with Crippen LogP contribution >= 0.6 is 0 Å². The van der Waals surface area contributed by atoms with Crippen LogP contribution in [0, 0.1) is 24.1 Å². The Bertz CT molecular complexity index is 722. The molecule has 0 aliphatic rings. The monoisotopic (exact) mass is 288 g/mol. The Morgan fingerprint density at radius 2 is 2.05 bits per heavy atom. The van der Waals surface area contributed by atoms with Crippen molar-refractivity contribution >= 4 is 16.5 Å². The molecule has 2 N–H and O–H groups in total. The molecule has 0 aliphatic heterocycles. The van der Waals surface area contributed by atoms with Crippen molar-refractivity contribution in [2.75, 3.05) is 5.73 Å². The van der Waals surface area contributed by atoms with E-state index in [1.54, 1.807) is 12.1 Å². The molecule has 0 aromatic heterocycles. The molecule has 0 radical (unpaired) electrons. The predicted octanol–water partition coefficient (Wildman–Crippen LogP) is 2.90. The predicted molar refractivity (Wildman–Crippen MR) is 76.8 cm³/mol. The van der Waals surface area contributed by atoms with Gasteiger partial charge >= 0.3 is 0 Å². The molecule has 2 aromatic rings. The lowest BCUT2D eigenvalue weighted by atomic mass is 10.1. The minimum absolute atomic E-state index is 0.00534. The molecule has 5 heteroatoms. The van der Waals surface area contributed by atoms with E-state index in [0.29, 0.717) is 16.1 Å². The maximum Gasteiger partial charge on any atom is 0.127 e. The minimum atomic E-state index is -1.45. The number of nitrogen functional groups attached to an aromatic ring is 1. The second kappa shape index (κ2) is 5.85. The fourth-order valence-corrected chi connectivity index (χ4v) is 3.05. The Morgan fingerprint density at radius 1 is 1.30 bits per heavy atom. The van der Waals surface area contributed by atoms with Gasteiger partial charge in [-0.15, -0.1) is 0 Å². The molecular formula is C15H13FN2OS. The SMILES string of the molecule is Cc1ccc(S(=O)Cc2cc(C#N)ccc2F)c(N)c1. The fourth-order valence-electron chi connectivity index (χ4n) is 1.85. The number of benzene rings is 2. The van der Waals surface area contributed by atoms with Crippen LogP contribution in [0.15, 0.2) is 41.3 Å². The Balaban J connectivity index is 2.30. The van der Waals surface area contributed by atoms with E-state index in [-0.39, 0.29) is 11.3 Å². The van der Waals surface area contributed by atoms with Gasteiger partial charge in [0.05, 0.1) is 33.1 Å². The maximum atomic E-state index is 13.7. The maximum absolute atomic E-state index is 13.7. The minimum Gasteiger partial charge on any atom is -0.398 e. The number of aryl methyl sites for hydroxylation is 1. The number of nitrogens with two attached hydrogens (primary N) is 1. The molecule has 0 aliphatic carbocycles. The van der Waals surface area contributed by atoms with Crippen molar-refractivity contribution in [1.82, 2.24) is 0 Å². The smallest absolute Gasteiger partial charge is 0.127 e. The van der Waals surface area contributed by atoms with Gasteiger partial charge in [0.15, 0.2) is 0 Å². The van der Waals surface area contributed by atoms with Crippen LogP contribution in [-0.4, -0.2) is 4.21 Å². The van der Waals surface area contributed by atoms with E-state index in [4.69, 9.17) is 11.0 Å². The van der Waals surface area contributed by atoms with Crippen molar-refractivity contribution < 1.29 is 8.60 Å². The first-order valence-electron chi connectivity index (χ1n) is 5.94. The largest absolute Gasteiger partial charge is 0.398 e. The van der Waals surface area contributed by atoms with Crippen LogP contribution in [0.5, 0.6) is 0 Å². The van der Waals surface area contributed by atoms with Gasteiger partial charge in [-0.1, -0.05) is 6.07 Å². The Morgan fingerprint density at radius 3 is 2.70 bits per heavy atom. The number of hydrogen-bond acceptors (Lipinski definition) is 3. The topological polar surface area (TPSA) is 66.9 Å². The number of rotatable bonds is 3. The summed E-state index contributed by atoms with van der Waals surface area (Å²) in [5.41, 5.74) is 7.83. The molecule has 0 fully saturated rings. The van der Waals surface area contributed by atoms with Crippen LogP contribution in [0.25, 0.3) is 0 Å². The molecule has 0 spiro atoms. The summed E-state index contributed by atoms with van der Waals surface area (Å²) in [6.45, 7) is 1.89. The van der Waals surface area contributed by atoms with Gasteiger partial charge in [-0.25, -0.2) is 4.39 Å². The van der Waals surface area contributed by atoms with Crippen LogP contribution < -0.4 is 5.73 Å². The third-order valence-electron chi connectivity index (χ3n) is 2.87. The van der Waals surface area contributed by atoms with Crippen molar-refractivity contribution in [1.29, 1.82) is 5.26 Å². The van der Waals surface area contributed by atoms with Crippen LogP contribution in [0.2, 0.25) is 0 Å². The molecule has 3 nitrogen and oxygen atoms in total. The Kier molecular flexibility index (Phi) is 4.16. The molecule has 2 aromatic carbocycles. The highest BCUT2D eigenvalue weighted by Gasteiger charge is 2.12. The van der Waals surface area contributed by atoms with Crippen LogP contribution in [-0.2, 0) is 16.6 Å². The van der Waals surface area contributed by atoms with Crippen LogP contribution in [0.3, 0.4) is 0 Å². The first-order valence-corrected chi connectivity index (χ1v) is 7.26. The van der Waals surface area contributed by atoms with E-state index in [1.165, 1.54) is 18.2 Å². The summed E-state index contributed by atoms with van der Waals surface area (Å²) in [5.74, 6) is -0.475. The summed E-state index contributed by atoms with van der Waals surface area (Å²) >= 11 is 0. The summed E-state index contributed by atoms with van der Waals surface area (Å²) in [6.07, 6.45) is 0. The molecule has 0 saturated heterocycles. The normalized spacial score (nSPS) is 11.8. The van der Waals surface area contributed by atoms with Crippen molar-refractivity contribution in [3.63, 3.8) is 0 Å². The van der Waals surface area contributed by atoms with Gasteiger partial charge in [0, 0.05) is 11.3 Å². The molecule has 102 valence electrons. The summed E-state index contributed by atoms with van der Waals surface area (Å²) in [6, 6.07) is 11.2. The number of hydrogen-bond donors (Lipinski definition) is 1. The second-order valence-corrected chi connectivity index (χ2v) is 5.87. The summed E-state index contributed by atoms with van der Waals surface area (Å²) in [7, 11) is -1.45. The Hall–Kier alpha value is -2.19. The fraction of sp³-hybridized carbons (Fsp3) is 0.133. The van der Waals surface area contributed by atoms with Crippen LogP contribution in [0.1, 0.15) is 16.7 Å². The van der Waals surface area contributed by atoms with E-state index < -0.39 is 16.6 Å². The van der Waals surface area contributed by atoms with E-state index in [0.717, 1.165) is 5.56 Å². The lowest BCUT2D eigenvalue weighted by Crippen LogP contribution is -2.03. The van der Waals surface area contributed by atoms with Gasteiger partial charge in [-0.05, 0) is 42.8 Å². The standard InChI is InChI=1S/C15H13FN2OS/c1-10-2-5-15(14(18)6-10)20(19)9-12-7-11(8-17)3-4-13(12)16/h2-7H,9,18H2,1H3. The molecule has 20 heavy (non-hydrogen) atoms. The third-order valence-corrected chi connectivity index (χ3v) is 4.31. The first-order chi connectivity index (χ1) is 9.51. The molecule has 0 saturated carbocycles. The Labute approximate surface area is 119 Å². The van der Waals surface area contributed by atoms with Gasteiger partial charge < -0.3 is 5.73 Å². The van der Waals surface area contributed by atoms with Gasteiger partial charge in [0.1, 0.15) is 5.82 Å². The van der Waals surface area contributed by atoms with Gasteiger partial charge in [-0.3, -0.25) is 4.21 Å². The number of anilines is 1. The van der Waals surface area contributed by atoms with Crippen molar-refractivity contribution in [2.24, 2.45) is 0 Å². The summed E-state index contributed by atoms with van der Waals surface area (Å²) in [4.78, 5) is 0.484. The zero-order valence-electron chi connectivity index (χ0n) is 10.9. The highest BCUT2D eigenvalue weighted by Crippen LogP contribution is 2.22. The zero-order valence-corrected chi connectivity index (χ0v) is 11.7. The number of nitriles is 1. The van der Waals surface area contributed by atoms with Crippen molar-refractivity contribution in [2.45, 2.75) is 17.6 Å². The number of nitrogens with zero attached hydrogens (tertiary/aromatic N) is 1. The molecule has 0 amide bonds. The quantitative estimate of drug-likeness (QED) is 0.883. The molecule has 1 atom stereocenters. The first kappa shape index (κ1) is 14.2. The van der Waals surface area contributed by atoms with Crippen molar-refractivity contribution in [3.05, 3.63) is 58.9 Å². The zero-order chi connectivity index (χ0) is 14.7. The average Bonchev–Trinajstić information content (AvgIpc) is 2.41. The lowest BCUT2D eigenvalue weighted by Gasteiger charge is -2.08. The molecule has 1 unspecified atom stereocenters. The second-order valence-electron chi connectivity index (χ2n) is 4.45. The molecule has 2 rings (SSSR count). The number of halogens is 1. The van der Waals surface area contributed by atoms with Crippen molar-refractivity contribution in [3.8, 4) is 6.07 Å². The summed E-state index contributed by atoms with van der Waals surface area (Å²) in [5, 5.41) is 8.81. The van der Waals surface area contributed by atoms with Gasteiger partial charge in [0.25, 0.3) is 0 Å². The molecule has 0 heterocycles. The van der Waals surface area contributed by atoms with E-state index >= 15 is 0 Å². The average molecular weight is 288 g/mol. The highest BCUT2D eigenvalue weighted by atomic mass is 32.2. The molecule has 0 bridgehead atoms. The highest BCUT2D eigenvalue weighted by molar-refractivity contribution is 7.84. The van der Waals surface area contributed by atoms with E-state index in [9.17, 15) is 8.60 Å². The van der Waals surface area contributed by atoms with E-state index in [2.05, 4.69) is 0 Å². The third kappa shape index (κ3) is 3.03. The summed E-state index contributed by atoms with van der Waals surface area (Å²) < 4.78 is 26.0. The van der Waals surface area contributed by atoms with Crippen LogP contribution in [0.4, 0.5) is 10.1 Å². The van der Waals surface area contributed by atoms with Gasteiger partial charge in [-0.2, -0.15) is 5.26 Å². The molecular weight excluding hydrogens is 275 g/mol. The van der Waals surface area contributed by atoms with E-state index in [1.807, 2.05) is 19.1 Å². The lowest BCUT2D eigenvalue weighted by molar-refractivity contribution is 0.615. The van der Waals surface area contributed by atoms with Gasteiger partial charge in [0.2, 0.25) is 0 Å².